The minimum atomic E-state index is -0.429. The molecule has 3 rings (SSSR count). The molecule has 1 N–H and O–H groups in total. The van der Waals surface area contributed by atoms with Crippen LogP contribution in [-0.2, 0) is 0 Å². The average Bonchev–Trinajstić information content (AvgIpc) is 2.64. The maximum Gasteiger partial charge on any atom is 0.294 e. The highest BCUT2D eigenvalue weighted by atomic mass is 35.5. The van der Waals surface area contributed by atoms with Gasteiger partial charge in [-0.1, -0.05) is 36.7 Å². The number of benzene rings is 2. The van der Waals surface area contributed by atoms with Crippen molar-refractivity contribution in [2.45, 2.75) is 19.8 Å². The number of halogens is 1. The Kier molecular flexibility index (Phi) is 5.42. The van der Waals surface area contributed by atoms with Gasteiger partial charge in [-0.3, -0.25) is 14.9 Å². The van der Waals surface area contributed by atoms with E-state index in [1.165, 1.54) is 6.07 Å². The van der Waals surface area contributed by atoms with Crippen LogP contribution in [0.2, 0.25) is 5.02 Å². The van der Waals surface area contributed by atoms with Gasteiger partial charge in [0.15, 0.2) is 0 Å². The molecule has 1 aliphatic rings. The molecule has 0 atom stereocenters. The normalized spacial score (nSPS) is 14.9. The molecular formula is C19H20ClN3O3. The monoisotopic (exact) mass is 373 g/mol. The van der Waals surface area contributed by atoms with Crippen molar-refractivity contribution in [3.63, 3.8) is 0 Å². The van der Waals surface area contributed by atoms with Crippen molar-refractivity contribution >= 4 is 34.6 Å². The van der Waals surface area contributed by atoms with Gasteiger partial charge in [0.05, 0.1) is 15.6 Å². The van der Waals surface area contributed by atoms with E-state index >= 15 is 0 Å². The Morgan fingerprint density at radius 3 is 2.50 bits per heavy atom. The van der Waals surface area contributed by atoms with Crippen LogP contribution in [0.3, 0.4) is 0 Å². The summed E-state index contributed by atoms with van der Waals surface area (Å²) in [4.78, 5) is 25.4. The van der Waals surface area contributed by atoms with Crippen molar-refractivity contribution < 1.29 is 9.72 Å². The first-order valence-corrected chi connectivity index (χ1v) is 8.93. The lowest BCUT2D eigenvalue weighted by Gasteiger charge is -2.32. The van der Waals surface area contributed by atoms with Crippen LogP contribution in [0.15, 0.2) is 42.5 Å². The van der Waals surface area contributed by atoms with Gasteiger partial charge >= 0.3 is 0 Å². The first kappa shape index (κ1) is 18.2. The van der Waals surface area contributed by atoms with E-state index in [1.54, 1.807) is 30.3 Å². The number of carbonyl (C=O) groups is 1. The fourth-order valence-corrected chi connectivity index (χ4v) is 3.29. The second-order valence-electron chi connectivity index (χ2n) is 6.57. The zero-order valence-corrected chi connectivity index (χ0v) is 15.2. The number of nitrogens with one attached hydrogen (secondary N) is 1. The average molecular weight is 374 g/mol. The minimum absolute atomic E-state index is 0.0396. The molecule has 0 unspecified atom stereocenters. The number of rotatable bonds is 4. The fraction of sp³-hybridized carbons (Fsp3) is 0.316. The predicted molar refractivity (Wildman–Crippen MR) is 103 cm³/mol. The molecule has 0 saturated carbocycles. The number of amides is 1. The highest BCUT2D eigenvalue weighted by molar-refractivity contribution is 6.34. The molecule has 0 aromatic heterocycles. The molecule has 0 spiro atoms. The van der Waals surface area contributed by atoms with E-state index < -0.39 is 4.92 Å². The molecule has 2 aromatic carbocycles. The third-order valence-electron chi connectivity index (χ3n) is 4.67. The number of hydrogen-bond donors (Lipinski definition) is 1. The largest absolute Gasteiger partial charge is 0.366 e. The van der Waals surface area contributed by atoms with Crippen molar-refractivity contribution in [2.24, 2.45) is 5.92 Å². The zero-order valence-electron chi connectivity index (χ0n) is 14.4. The second kappa shape index (κ2) is 7.74. The molecule has 1 saturated heterocycles. The molecule has 0 aliphatic carbocycles. The van der Waals surface area contributed by atoms with E-state index in [4.69, 9.17) is 11.6 Å². The highest BCUT2D eigenvalue weighted by Crippen LogP contribution is 2.38. The van der Waals surface area contributed by atoms with E-state index in [0.29, 0.717) is 22.9 Å². The van der Waals surface area contributed by atoms with Crippen molar-refractivity contribution in [2.75, 3.05) is 23.3 Å². The minimum Gasteiger partial charge on any atom is -0.366 e. The Balaban J connectivity index is 1.92. The molecule has 6 nitrogen and oxygen atoms in total. The number of carbonyl (C=O) groups excluding carboxylic acids is 1. The van der Waals surface area contributed by atoms with Gasteiger partial charge in [-0.25, -0.2) is 0 Å². The summed E-state index contributed by atoms with van der Waals surface area (Å²) in [5.74, 6) is 0.300. The van der Waals surface area contributed by atoms with Gasteiger partial charge in [0.2, 0.25) is 0 Å². The molecule has 1 amide bonds. The number of nitro groups is 1. The summed E-state index contributed by atoms with van der Waals surface area (Å²) in [6, 6.07) is 11.7. The molecular weight excluding hydrogens is 354 g/mol. The molecule has 0 bridgehead atoms. The Morgan fingerprint density at radius 2 is 1.88 bits per heavy atom. The number of anilines is 2. The summed E-state index contributed by atoms with van der Waals surface area (Å²) in [6.45, 7) is 3.67. The number of hydrogen-bond acceptors (Lipinski definition) is 4. The van der Waals surface area contributed by atoms with Crippen LogP contribution in [0.5, 0.6) is 0 Å². The third kappa shape index (κ3) is 3.96. The molecule has 26 heavy (non-hydrogen) atoms. The molecule has 1 aliphatic heterocycles. The Labute approximate surface area is 156 Å². The van der Waals surface area contributed by atoms with E-state index in [2.05, 4.69) is 12.2 Å². The summed E-state index contributed by atoms with van der Waals surface area (Å²) in [6.07, 6.45) is 1.96. The Morgan fingerprint density at radius 1 is 1.23 bits per heavy atom. The van der Waals surface area contributed by atoms with Crippen LogP contribution in [-0.4, -0.2) is 23.9 Å². The molecule has 1 fully saturated rings. The predicted octanol–water partition coefficient (Wildman–Crippen LogP) is 4.74. The third-order valence-corrected chi connectivity index (χ3v) is 4.98. The van der Waals surface area contributed by atoms with Crippen LogP contribution in [0.1, 0.15) is 30.1 Å². The lowest BCUT2D eigenvalue weighted by Crippen LogP contribution is -2.33. The highest BCUT2D eigenvalue weighted by Gasteiger charge is 2.25. The number of nitro benzene ring substituents is 1. The molecule has 7 heteroatoms. The lowest BCUT2D eigenvalue weighted by molar-refractivity contribution is -0.384. The van der Waals surface area contributed by atoms with E-state index in [1.807, 2.05) is 11.0 Å². The van der Waals surface area contributed by atoms with Crippen molar-refractivity contribution in [3.8, 4) is 0 Å². The van der Waals surface area contributed by atoms with Crippen molar-refractivity contribution in [1.82, 2.24) is 0 Å². The van der Waals surface area contributed by atoms with Gasteiger partial charge < -0.3 is 10.2 Å². The maximum absolute atomic E-state index is 12.4. The van der Waals surface area contributed by atoms with E-state index in [-0.39, 0.29) is 16.6 Å². The van der Waals surface area contributed by atoms with Gasteiger partial charge in [-0.05, 0) is 37.0 Å². The van der Waals surface area contributed by atoms with Gasteiger partial charge in [-0.2, -0.15) is 0 Å². The summed E-state index contributed by atoms with van der Waals surface area (Å²) in [5, 5.41) is 14.4. The fourth-order valence-electron chi connectivity index (χ4n) is 3.08. The van der Waals surface area contributed by atoms with Crippen LogP contribution in [0.4, 0.5) is 17.1 Å². The summed E-state index contributed by atoms with van der Waals surface area (Å²) >= 11 is 6.20. The number of nitrogens with zero attached hydrogens (tertiary/aromatic N) is 2. The summed E-state index contributed by atoms with van der Waals surface area (Å²) in [7, 11) is 0. The lowest BCUT2D eigenvalue weighted by atomic mass is 9.98. The maximum atomic E-state index is 12.4. The summed E-state index contributed by atoms with van der Waals surface area (Å²) < 4.78 is 0. The molecule has 0 radical (unpaired) electrons. The molecule has 1 heterocycles. The van der Waals surface area contributed by atoms with Gasteiger partial charge in [-0.15, -0.1) is 0 Å². The number of piperidine rings is 1. The smallest absolute Gasteiger partial charge is 0.294 e. The second-order valence-corrected chi connectivity index (χ2v) is 6.97. The Hall–Kier alpha value is -2.60. The van der Waals surface area contributed by atoms with E-state index in [9.17, 15) is 14.9 Å². The van der Waals surface area contributed by atoms with Crippen molar-refractivity contribution in [1.29, 1.82) is 0 Å². The molecule has 136 valence electrons. The van der Waals surface area contributed by atoms with Crippen LogP contribution in [0.25, 0.3) is 0 Å². The first-order valence-electron chi connectivity index (χ1n) is 8.55. The quantitative estimate of drug-likeness (QED) is 0.620. The van der Waals surface area contributed by atoms with Crippen molar-refractivity contribution in [3.05, 3.63) is 63.2 Å². The first-order chi connectivity index (χ1) is 12.5. The van der Waals surface area contributed by atoms with Gasteiger partial charge in [0, 0.05) is 24.7 Å². The Bertz CT molecular complexity index is 818. The van der Waals surface area contributed by atoms with Crippen LogP contribution < -0.4 is 10.2 Å². The van der Waals surface area contributed by atoms with E-state index in [0.717, 1.165) is 25.9 Å². The van der Waals surface area contributed by atoms with Crippen LogP contribution >= 0.6 is 11.6 Å². The van der Waals surface area contributed by atoms with Gasteiger partial charge in [0.1, 0.15) is 5.69 Å². The standard InChI is InChI=1S/C19H20ClN3O3/c1-13-7-9-22(10-8-13)17-12-16(15(20)11-18(17)23(25)26)21-19(24)14-5-3-2-4-6-14/h2-6,11-13H,7-10H2,1H3,(H,21,24). The SMILES string of the molecule is CC1CCN(c2cc(NC(=O)c3ccccc3)c(Cl)cc2[N+](=O)[O-])CC1. The van der Waals surface area contributed by atoms with Crippen LogP contribution in [0, 0.1) is 16.0 Å². The van der Waals surface area contributed by atoms with Gasteiger partial charge in [0.25, 0.3) is 11.6 Å². The zero-order chi connectivity index (χ0) is 18.7. The topological polar surface area (TPSA) is 75.5 Å². The molecule has 2 aromatic rings. The summed E-state index contributed by atoms with van der Waals surface area (Å²) in [5.41, 5.74) is 1.33.